The van der Waals surface area contributed by atoms with Crippen LogP contribution in [-0.4, -0.2) is 71.8 Å². The van der Waals surface area contributed by atoms with Crippen LogP contribution in [0, 0.1) is 10.1 Å². The number of dihydropyridines is 1. The molecule has 1 atom stereocenters. The Morgan fingerprint density at radius 3 is 2.33 bits per heavy atom. The molecule has 0 saturated carbocycles. The van der Waals surface area contributed by atoms with Crippen LogP contribution in [0.4, 0.5) is 11.4 Å². The second kappa shape index (κ2) is 13.9. The molecule has 1 spiro atoms. The zero-order chi connectivity index (χ0) is 32.0. The van der Waals surface area contributed by atoms with E-state index in [4.69, 9.17) is 0 Å². The van der Waals surface area contributed by atoms with Crippen LogP contribution in [0.5, 0.6) is 0 Å². The van der Waals surface area contributed by atoms with Crippen LogP contribution in [0.1, 0.15) is 57.4 Å². The lowest BCUT2D eigenvalue weighted by atomic mass is 9.85. The molecule has 3 heterocycles. The predicted molar refractivity (Wildman–Crippen MR) is 171 cm³/mol. The molecule has 3 N–H and O–H groups in total. The van der Waals surface area contributed by atoms with Crippen molar-refractivity contribution in [2.24, 2.45) is 0 Å². The molecule has 3 aliphatic rings. The number of rotatable bonds is 13. The third-order valence-electron chi connectivity index (χ3n) is 9.26. The van der Waals surface area contributed by atoms with Gasteiger partial charge in [0.15, 0.2) is 0 Å². The number of piperidine rings is 1. The molecule has 0 aromatic heterocycles. The molecule has 12 nitrogen and oxygen atoms in total. The van der Waals surface area contributed by atoms with Gasteiger partial charge in [-0.2, -0.15) is 0 Å². The number of anilines is 1. The molecule has 2 aromatic carbocycles. The number of hydrogen-bond acceptors (Lipinski definition) is 8. The van der Waals surface area contributed by atoms with E-state index in [1.54, 1.807) is 17.0 Å². The fourth-order valence-corrected chi connectivity index (χ4v) is 6.91. The topological polar surface area (TPSA) is 140 Å². The number of allylic oxidation sites excluding steroid dienone is 2. The third kappa shape index (κ3) is 6.28. The standard InChI is InChI=1S/C33H41N7O5/c1-3-27-30(35-22-41)29(24-11-13-26(14-12-24)40(44)45)31(28(4-2)36-27)38(23-42)18-8-17-37-19-15-33(16-20-37)32(43)34-21-39(33)25-9-6-5-7-10-25/h5-7,9-14,22-23,29,36H,3-4,8,15-21H2,1-2H3,(H,34,43)(H,35,41). The van der Waals surface area contributed by atoms with Crippen molar-refractivity contribution in [1.82, 2.24) is 25.8 Å². The summed E-state index contributed by atoms with van der Waals surface area (Å²) in [6.07, 6.45) is 4.82. The summed E-state index contributed by atoms with van der Waals surface area (Å²) < 4.78 is 0. The zero-order valence-corrected chi connectivity index (χ0v) is 25.8. The van der Waals surface area contributed by atoms with E-state index in [9.17, 15) is 24.5 Å². The van der Waals surface area contributed by atoms with Gasteiger partial charge in [-0.3, -0.25) is 24.5 Å². The van der Waals surface area contributed by atoms with E-state index >= 15 is 0 Å². The minimum absolute atomic E-state index is 0.0314. The van der Waals surface area contributed by atoms with Gasteiger partial charge in [0.2, 0.25) is 18.7 Å². The number of nitrogens with one attached hydrogen (secondary N) is 3. The number of carbonyl (C=O) groups is 3. The van der Waals surface area contributed by atoms with E-state index in [0.29, 0.717) is 57.4 Å². The number of nitro groups is 1. The molecular weight excluding hydrogens is 574 g/mol. The van der Waals surface area contributed by atoms with Crippen molar-refractivity contribution < 1.29 is 19.3 Å². The number of nitro benzene ring substituents is 1. The van der Waals surface area contributed by atoms with Gasteiger partial charge in [-0.1, -0.05) is 44.2 Å². The number of non-ortho nitro benzene ring substituents is 1. The van der Waals surface area contributed by atoms with E-state index in [2.05, 4.69) is 25.8 Å². The maximum Gasteiger partial charge on any atom is 0.269 e. The summed E-state index contributed by atoms with van der Waals surface area (Å²) in [6.45, 7) is 7.23. The lowest BCUT2D eigenvalue weighted by molar-refractivity contribution is -0.384. The van der Waals surface area contributed by atoms with Crippen molar-refractivity contribution in [3.8, 4) is 0 Å². The fraction of sp³-hybridized carbons (Fsp3) is 0.424. The van der Waals surface area contributed by atoms with Crippen LogP contribution < -0.4 is 20.9 Å². The Bertz CT molecular complexity index is 1470. The van der Waals surface area contributed by atoms with Gasteiger partial charge >= 0.3 is 0 Å². The van der Waals surface area contributed by atoms with Crippen molar-refractivity contribution in [3.05, 3.63) is 93.1 Å². The number of amides is 3. The van der Waals surface area contributed by atoms with E-state index in [1.807, 2.05) is 44.2 Å². The Kier molecular flexibility index (Phi) is 9.82. The number of benzene rings is 2. The lowest BCUT2D eigenvalue weighted by Gasteiger charge is -2.43. The molecule has 238 valence electrons. The molecule has 0 bridgehead atoms. The van der Waals surface area contributed by atoms with Gasteiger partial charge in [0, 0.05) is 48.8 Å². The van der Waals surface area contributed by atoms with E-state index in [1.165, 1.54) is 12.1 Å². The number of carbonyl (C=O) groups excluding carboxylic acids is 3. The van der Waals surface area contributed by atoms with Gasteiger partial charge in [0.05, 0.1) is 28.9 Å². The van der Waals surface area contributed by atoms with Crippen LogP contribution in [-0.2, 0) is 14.4 Å². The first kappa shape index (κ1) is 31.7. The Morgan fingerprint density at radius 1 is 1.04 bits per heavy atom. The van der Waals surface area contributed by atoms with E-state index in [-0.39, 0.29) is 11.6 Å². The Labute approximate surface area is 263 Å². The molecule has 2 fully saturated rings. The number of hydrogen-bond donors (Lipinski definition) is 3. The molecule has 0 radical (unpaired) electrons. The van der Waals surface area contributed by atoms with Crippen molar-refractivity contribution >= 4 is 30.1 Å². The molecule has 12 heteroatoms. The van der Waals surface area contributed by atoms with Crippen LogP contribution >= 0.6 is 0 Å². The van der Waals surface area contributed by atoms with Crippen LogP contribution in [0.25, 0.3) is 0 Å². The second-order valence-corrected chi connectivity index (χ2v) is 11.6. The molecule has 2 aromatic rings. The highest BCUT2D eigenvalue weighted by Crippen LogP contribution is 2.40. The average Bonchev–Trinajstić information content (AvgIpc) is 3.38. The lowest BCUT2D eigenvalue weighted by Crippen LogP contribution is -2.56. The molecule has 45 heavy (non-hydrogen) atoms. The van der Waals surface area contributed by atoms with Crippen molar-refractivity contribution in [2.45, 2.75) is 57.4 Å². The maximum atomic E-state index is 13.0. The van der Waals surface area contributed by atoms with Crippen LogP contribution in [0.2, 0.25) is 0 Å². The molecule has 1 unspecified atom stereocenters. The zero-order valence-electron chi connectivity index (χ0n) is 25.8. The monoisotopic (exact) mass is 615 g/mol. The summed E-state index contributed by atoms with van der Waals surface area (Å²) in [5.41, 5.74) is 4.25. The van der Waals surface area contributed by atoms with Gasteiger partial charge in [0.25, 0.3) is 5.69 Å². The highest BCUT2D eigenvalue weighted by molar-refractivity contribution is 5.93. The summed E-state index contributed by atoms with van der Waals surface area (Å²) in [4.78, 5) is 54.5. The Balaban J connectivity index is 1.31. The van der Waals surface area contributed by atoms with E-state index in [0.717, 1.165) is 54.4 Å². The van der Waals surface area contributed by atoms with Crippen LogP contribution in [0.3, 0.4) is 0 Å². The molecule has 3 aliphatic heterocycles. The highest BCUT2D eigenvalue weighted by atomic mass is 16.6. The number of nitrogens with zero attached hydrogens (tertiary/aromatic N) is 4. The number of para-hydroxylation sites is 1. The molecule has 5 rings (SSSR count). The van der Waals surface area contributed by atoms with Crippen LogP contribution in [0.15, 0.2) is 77.4 Å². The van der Waals surface area contributed by atoms with E-state index < -0.39 is 16.4 Å². The third-order valence-corrected chi connectivity index (χ3v) is 9.26. The van der Waals surface area contributed by atoms with Gasteiger partial charge in [0.1, 0.15) is 5.54 Å². The minimum Gasteiger partial charge on any atom is -0.359 e. The maximum absolute atomic E-state index is 13.0. The first-order chi connectivity index (χ1) is 21.9. The Hall–Kier alpha value is -4.71. The summed E-state index contributed by atoms with van der Waals surface area (Å²) >= 11 is 0. The van der Waals surface area contributed by atoms with Gasteiger partial charge in [-0.25, -0.2) is 0 Å². The largest absolute Gasteiger partial charge is 0.359 e. The first-order valence-corrected chi connectivity index (χ1v) is 15.6. The van der Waals surface area contributed by atoms with Gasteiger partial charge < -0.3 is 30.7 Å². The van der Waals surface area contributed by atoms with Gasteiger partial charge in [-0.15, -0.1) is 0 Å². The van der Waals surface area contributed by atoms with Crippen molar-refractivity contribution in [2.75, 3.05) is 37.7 Å². The normalized spacial score (nSPS) is 19.7. The second-order valence-electron chi connectivity index (χ2n) is 11.6. The SMILES string of the molecule is CCC1=C(NC=O)C(c2ccc([N+](=O)[O-])cc2)C(N(C=O)CCCN2CCC3(CC2)C(=O)NCN3c2ccccc2)=C(CC)N1. The van der Waals surface area contributed by atoms with Gasteiger partial charge in [-0.05, 0) is 56.3 Å². The fourth-order valence-electron chi connectivity index (χ4n) is 6.91. The summed E-state index contributed by atoms with van der Waals surface area (Å²) in [5.74, 6) is -0.412. The van der Waals surface area contributed by atoms with Crippen molar-refractivity contribution in [1.29, 1.82) is 0 Å². The quantitative estimate of drug-likeness (QED) is 0.177. The molecule has 2 saturated heterocycles. The smallest absolute Gasteiger partial charge is 0.269 e. The molecule has 0 aliphatic carbocycles. The summed E-state index contributed by atoms with van der Waals surface area (Å²) in [6, 6.07) is 16.3. The first-order valence-electron chi connectivity index (χ1n) is 15.6. The molecular formula is C33H41N7O5. The molecule has 3 amide bonds. The van der Waals surface area contributed by atoms with Crippen molar-refractivity contribution in [3.63, 3.8) is 0 Å². The summed E-state index contributed by atoms with van der Waals surface area (Å²) in [7, 11) is 0. The predicted octanol–water partition coefficient (Wildman–Crippen LogP) is 3.55. The summed E-state index contributed by atoms with van der Waals surface area (Å²) in [5, 5.41) is 20.7. The minimum atomic E-state index is -0.551. The average molecular weight is 616 g/mol. The Morgan fingerprint density at radius 2 is 1.73 bits per heavy atom. The highest BCUT2D eigenvalue weighted by Gasteiger charge is 2.50. The number of likely N-dealkylation sites (tertiary alicyclic amines) is 1.